The lowest BCUT2D eigenvalue weighted by atomic mass is 9.89. The fraction of sp³-hybridized carbons (Fsp3) is 0.257. The van der Waals surface area contributed by atoms with E-state index in [0.29, 0.717) is 5.92 Å². The number of hydrogen-bond donors (Lipinski definition) is 2. The lowest BCUT2D eigenvalue weighted by molar-refractivity contribution is 0.367. The van der Waals surface area contributed by atoms with Gasteiger partial charge in [0.05, 0.1) is 11.6 Å². The Kier molecular flexibility index (Phi) is 6.56. The van der Waals surface area contributed by atoms with Crippen molar-refractivity contribution in [3.8, 4) is 33.8 Å². The van der Waals surface area contributed by atoms with Crippen molar-refractivity contribution in [2.24, 2.45) is 15.9 Å². The molecule has 3 unspecified atom stereocenters. The molecular weight excluding hydrogens is 480 g/mol. The van der Waals surface area contributed by atoms with Crippen LogP contribution in [0.25, 0.3) is 22.3 Å². The number of nitrogens with zero attached hydrogens (tertiary/aromatic N) is 2. The Morgan fingerprint density at radius 3 is 1.79 bits per heavy atom. The first-order chi connectivity index (χ1) is 18.9. The predicted molar refractivity (Wildman–Crippen MR) is 160 cm³/mol. The van der Waals surface area contributed by atoms with Gasteiger partial charge >= 0.3 is 0 Å². The molecule has 2 fully saturated rings. The standard InChI is InChI=1S/C35H34N2O2/c1-23-15-28(26-9-5-3-6-10-26)18-30(33(23)38)21-36-32-17-25-13-14-35(32,20-25)37-22-31-19-29(16-24(2)34(31)39)27-11-7-4-8-12-27/h3-12,15-16,18-19,21-22,25,32,38-39H,13-14,17,20H2,1-2H3. The van der Waals surface area contributed by atoms with Crippen LogP contribution in [0.15, 0.2) is 94.9 Å². The Hall–Kier alpha value is -4.18. The van der Waals surface area contributed by atoms with Crippen LogP contribution in [0.3, 0.4) is 0 Å². The summed E-state index contributed by atoms with van der Waals surface area (Å²) in [4.78, 5) is 10.2. The van der Waals surface area contributed by atoms with E-state index >= 15 is 0 Å². The van der Waals surface area contributed by atoms with E-state index in [-0.39, 0.29) is 23.1 Å². The average Bonchev–Trinajstić information content (AvgIpc) is 3.54. The topological polar surface area (TPSA) is 65.2 Å². The molecule has 4 nitrogen and oxygen atoms in total. The molecule has 196 valence electrons. The molecule has 3 atom stereocenters. The minimum Gasteiger partial charge on any atom is -0.507 e. The van der Waals surface area contributed by atoms with Crippen LogP contribution in [0.1, 0.15) is 47.9 Å². The van der Waals surface area contributed by atoms with E-state index in [1.54, 1.807) is 0 Å². The molecule has 2 aliphatic rings. The number of hydrogen-bond acceptors (Lipinski definition) is 4. The van der Waals surface area contributed by atoms with Crippen molar-refractivity contribution in [1.29, 1.82) is 0 Å². The van der Waals surface area contributed by atoms with Gasteiger partial charge in [0.25, 0.3) is 0 Å². The van der Waals surface area contributed by atoms with Crippen LogP contribution in [0.5, 0.6) is 11.5 Å². The summed E-state index contributed by atoms with van der Waals surface area (Å²) in [5.74, 6) is 1.17. The zero-order valence-corrected chi connectivity index (χ0v) is 22.5. The highest BCUT2D eigenvalue weighted by Crippen LogP contribution is 2.51. The number of rotatable bonds is 6. The van der Waals surface area contributed by atoms with Crippen LogP contribution < -0.4 is 0 Å². The van der Waals surface area contributed by atoms with Crippen LogP contribution in [0, 0.1) is 19.8 Å². The molecule has 39 heavy (non-hydrogen) atoms. The van der Waals surface area contributed by atoms with Crippen molar-refractivity contribution in [3.05, 3.63) is 107 Å². The molecule has 4 heteroatoms. The summed E-state index contributed by atoms with van der Waals surface area (Å²) >= 11 is 0. The zero-order chi connectivity index (χ0) is 27.0. The summed E-state index contributed by atoms with van der Waals surface area (Å²) in [6.07, 6.45) is 7.87. The van der Waals surface area contributed by atoms with E-state index < -0.39 is 0 Å². The Balaban J connectivity index is 1.30. The van der Waals surface area contributed by atoms with Crippen LogP contribution >= 0.6 is 0 Å². The van der Waals surface area contributed by atoms with Gasteiger partial charge in [-0.25, -0.2) is 0 Å². The number of phenolic OH excluding ortho intramolecular Hbond substituents is 2. The van der Waals surface area contributed by atoms with Gasteiger partial charge in [0.15, 0.2) is 0 Å². The highest BCUT2D eigenvalue weighted by Gasteiger charge is 2.52. The third kappa shape index (κ3) is 4.87. The maximum atomic E-state index is 10.9. The Morgan fingerprint density at radius 2 is 1.26 bits per heavy atom. The highest BCUT2D eigenvalue weighted by molar-refractivity contribution is 5.88. The summed E-state index contributed by atoms with van der Waals surface area (Å²) in [6, 6.07) is 28.6. The number of aliphatic imine (C=N–C) groups is 2. The SMILES string of the molecule is Cc1cc(-c2ccccc2)cc(C=NC2CC3CCC2(N=Cc2cc(-c4ccccc4)cc(C)c2O)C3)c1O. The van der Waals surface area contributed by atoms with E-state index in [2.05, 4.69) is 24.3 Å². The molecule has 0 amide bonds. The monoisotopic (exact) mass is 514 g/mol. The molecule has 2 saturated carbocycles. The first-order valence-electron chi connectivity index (χ1n) is 13.8. The number of benzene rings is 4. The molecule has 0 heterocycles. The van der Waals surface area contributed by atoms with Gasteiger partial charge in [-0.3, -0.25) is 9.98 Å². The molecule has 4 aromatic rings. The predicted octanol–water partition coefficient (Wildman–Crippen LogP) is 7.90. The quantitative estimate of drug-likeness (QED) is 0.257. The molecule has 2 aliphatic carbocycles. The summed E-state index contributed by atoms with van der Waals surface area (Å²) in [6.45, 7) is 3.87. The van der Waals surface area contributed by atoms with Crippen molar-refractivity contribution in [2.75, 3.05) is 0 Å². The van der Waals surface area contributed by atoms with Gasteiger partial charge in [-0.2, -0.15) is 0 Å². The Labute approximate surface area is 230 Å². The van der Waals surface area contributed by atoms with Gasteiger partial charge in [0.1, 0.15) is 11.5 Å². The van der Waals surface area contributed by atoms with Crippen molar-refractivity contribution >= 4 is 12.4 Å². The smallest absolute Gasteiger partial charge is 0.127 e. The third-order valence-electron chi connectivity index (χ3n) is 8.53. The van der Waals surface area contributed by atoms with Crippen LogP contribution in [-0.4, -0.2) is 34.2 Å². The summed E-state index contributed by atoms with van der Waals surface area (Å²) in [5, 5.41) is 21.7. The molecule has 0 radical (unpaired) electrons. The number of aromatic hydroxyl groups is 2. The Bertz CT molecular complexity index is 1560. The molecule has 0 aliphatic heterocycles. The second kappa shape index (κ2) is 10.2. The molecule has 0 spiro atoms. The van der Waals surface area contributed by atoms with Gasteiger partial charge < -0.3 is 10.2 Å². The molecular formula is C35H34N2O2. The van der Waals surface area contributed by atoms with Gasteiger partial charge in [-0.15, -0.1) is 0 Å². The second-order valence-corrected chi connectivity index (χ2v) is 11.2. The van der Waals surface area contributed by atoms with Gasteiger partial charge in [-0.1, -0.05) is 60.7 Å². The van der Waals surface area contributed by atoms with Gasteiger partial charge in [0.2, 0.25) is 0 Å². The van der Waals surface area contributed by atoms with Crippen molar-refractivity contribution in [3.63, 3.8) is 0 Å². The number of phenols is 2. The molecule has 6 rings (SSSR count). The summed E-state index contributed by atoms with van der Waals surface area (Å²) in [5.41, 5.74) is 7.24. The fourth-order valence-electron chi connectivity index (χ4n) is 6.37. The van der Waals surface area contributed by atoms with E-state index in [0.717, 1.165) is 70.2 Å². The van der Waals surface area contributed by atoms with Crippen molar-refractivity contribution in [2.45, 2.75) is 51.1 Å². The molecule has 0 aromatic heterocycles. The highest BCUT2D eigenvalue weighted by atomic mass is 16.3. The molecule has 0 saturated heterocycles. The van der Waals surface area contributed by atoms with Crippen LogP contribution in [0.2, 0.25) is 0 Å². The van der Waals surface area contributed by atoms with E-state index in [1.807, 2.05) is 86.9 Å². The van der Waals surface area contributed by atoms with Crippen molar-refractivity contribution in [1.82, 2.24) is 0 Å². The number of aryl methyl sites for hydroxylation is 2. The number of fused-ring (bicyclic) bond motifs is 2. The summed E-state index contributed by atoms with van der Waals surface area (Å²) < 4.78 is 0. The average molecular weight is 515 g/mol. The first kappa shape index (κ1) is 25.1. The van der Waals surface area contributed by atoms with E-state index in [4.69, 9.17) is 9.98 Å². The zero-order valence-electron chi connectivity index (χ0n) is 22.5. The maximum absolute atomic E-state index is 10.9. The van der Waals surface area contributed by atoms with Crippen LogP contribution in [0.4, 0.5) is 0 Å². The lowest BCUT2D eigenvalue weighted by Crippen LogP contribution is -2.34. The van der Waals surface area contributed by atoms with Gasteiger partial charge in [0, 0.05) is 23.6 Å². The minimum atomic E-state index is -0.272. The largest absolute Gasteiger partial charge is 0.507 e. The van der Waals surface area contributed by atoms with E-state index in [9.17, 15) is 10.2 Å². The van der Waals surface area contributed by atoms with Crippen LogP contribution in [-0.2, 0) is 0 Å². The molecule has 4 aromatic carbocycles. The first-order valence-corrected chi connectivity index (χ1v) is 13.8. The van der Waals surface area contributed by atoms with Gasteiger partial charge in [-0.05, 0) is 103 Å². The molecule has 2 N–H and O–H groups in total. The maximum Gasteiger partial charge on any atom is 0.127 e. The fourth-order valence-corrected chi connectivity index (χ4v) is 6.37. The lowest BCUT2D eigenvalue weighted by Gasteiger charge is -2.28. The third-order valence-corrected chi connectivity index (χ3v) is 8.53. The van der Waals surface area contributed by atoms with Crippen molar-refractivity contribution < 1.29 is 10.2 Å². The molecule has 2 bridgehead atoms. The van der Waals surface area contributed by atoms with E-state index in [1.165, 1.54) is 0 Å². The minimum absolute atomic E-state index is 0.0492. The second-order valence-electron chi connectivity index (χ2n) is 11.2. The normalized spacial score (nSPS) is 22.3. The Morgan fingerprint density at radius 1 is 0.718 bits per heavy atom. The summed E-state index contributed by atoms with van der Waals surface area (Å²) in [7, 11) is 0.